The Hall–Kier alpha value is -1.33. The zero-order chi connectivity index (χ0) is 15.4. The van der Waals surface area contributed by atoms with Crippen molar-refractivity contribution in [1.29, 1.82) is 5.26 Å². The van der Waals surface area contributed by atoms with Crippen molar-refractivity contribution in [3.63, 3.8) is 0 Å². The molecule has 1 aliphatic heterocycles. The molecule has 0 bridgehead atoms. The molecule has 1 aromatic heterocycles. The van der Waals surface area contributed by atoms with E-state index in [1.165, 1.54) is 6.08 Å². The van der Waals surface area contributed by atoms with Gasteiger partial charge in [-0.1, -0.05) is 12.7 Å². The first-order chi connectivity index (χ1) is 10.1. The van der Waals surface area contributed by atoms with Crippen LogP contribution in [0.3, 0.4) is 0 Å². The molecule has 4 nitrogen and oxygen atoms in total. The van der Waals surface area contributed by atoms with Gasteiger partial charge in [0.15, 0.2) is 0 Å². The second kappa shape index (κ2) is 7.09. The van der Waals surface area contributed by atoms with Crippen LogP contribution in [0.2, 0.25) is 0 Å². The van der Waals surface area contributed by atoms with Gasteiger partial charge in [-0.2, -0.15) is 5.26 Å². The molecule has 21 heavy (non-hydrogen) atoms. The van der Waals surface area contributed by atoms with Gasteiger partial charge in [0, 0.05) is 30.0 Å². The van der Waals surface area contributed by atoms with E-state index in [4.69, 9.17) is 0 Å². The fourth-order valence-corrected chi connectivity index (χ4v) is 3.89. The zero-order valence-electron chi connectivity index (χ0n) is 11.4. The number of nitrogens with zero attached hydrogens (tertiary/aromatic N) is 3. The van der Waals surface area contributed by atoms with E-state index in [0.29, 0.717) is 22.2 Å². The Kier molecular flexibility index (Phi) is 5.42. The molecule has 2 rings (SSSR count). The van der Waals surface area contributed by atoms with E-state index < -0.39 is 0 Å². The van der Waals surface area contributed by atoms with Crippen LogP contribution in [0.1, 0.15) is 22.2 Å². The maximum atomic E-state index is 12.1. The average Bonchev–Trinajstić information content (AvgIpc) is 2.50. The molecule has 1 amide bonds. The van der Waals surface area contributed by atoms with Gasteiger partial charge in [0.05, 0.1) is 5.56 Å². The molecule has 0 aliphatic carbocycles. The maximum absolute atomic E-state index is 12.1. The molecule has 108 valence electrons. The van der Waals surface area contributed by atoms with Crippen LogP contribution in [0.25, 0.3) is 0 Å². The third kappa shape index (κ3) is 3.30. The van der Waals surface area contributed by atoms with E-state index in [9.17, 15) is 10.1 Å². The number of rotatable bonds is 4. The summed E-state index contributed by atoms with van der Waals surface area (Å²) in [6, 6.07) is 4.01. The highest BCUT2D eigenvalue weighted by Crippen LogP contribution is 2.38. The lowest BCUT2D eigenvalue weighted by atomic mass is 10.0. The molecular formula is C15H14IN3OS. The number of carbonyl (C=O) groups excluding carboxylic acids is 1. The second-order valence-electron chi connectivity index (χ2n) is 4.43. The predicted molar refractivity (Wildman–Crippen MR) is 92.7 cm³/mol. The summed E-state index contributed by atoms with van der Waals surface area (Å²) >= 11 is 3.68. The van der Waals surface area contributed by atoms with Gasteiger partial charge in [-0.15, -0.1) is 18.3 Å². The molecule has 1 unspecified atom stereocenters. The second-order valence-corrected chi connectivity index (χ2v) is 6.57. The average molecular weight is 411 g/mol. The molecule has 2 heterocycles. The van der Waals surface area contributed by atoms with Gasteiger partial charge in [-0.05, 0) is 34.7 Å². The number of aromatic nitrogens is 1. The molecule has 0 saturated heterocycles. The number of hydrogen-bond donors (Lipinski definition) is 0. The van der Waals surface area contributed by atoms with Crippen LogP contribution in [0.15, 0.2) is 31.4 Å². The van der Waals surface area contributed by atoms with Crippen molar-refractivity contribution in [2.75, 3.05) is 12.3 Å². The molecule has 0 N–H and O–H groups in total. The quantitative estimate of drug-likeness (QED) is 0.331. The number of nitriles is 1. The Morgan fingerprint density at radius 1 is 1.67 bits per heavy atom. The van der Waals surface area contributed by atoms with Crippen molar-refractivity contribution in [2.24, 2.45) is 0 Å². The maximum Gasteiger partial charge on any atom is 0.247 e. The molecule has 0 aromatic carbocycles. The Labute approximate surface area is 142 Å². The smallest absolute Gasteiger partial charge is 0.247 e. The van der Waals surface area contributed by atoms with Gasteiger partial charge < -0.3 is 4.90 Å². The SMILES string of the molecule is C=CCSC1c2cc(C#N)c(I)nc2CCN1C(=O)C=C. The van der Waals surface area contributed by atoms with E-state index in [1.54, 1.807) is 22.7 Å². The third-order valence-electron chi connectivity index (χ3n) is 3.18. The molecule has 0 radical (unpaired) electrons. The van der Waals surface area contributed by atoms with Crippen molar-refractivity contribution < 1.29 is 4.79 Å². The highest BCUT2D eigenvalue weighted by Gasteiger charge is 2.31. The van der Waals surface area contributed by atoms with Crippen LogP contribution in [-0.2, 0) is 11.2 Å². The number of amides is 1. The molecule has 0 spiro atoms. The van der Waals surface area contributed by atoms with E-state index in [-0.39, 0.29) is 11.3 Å². The molecule has 0 saturated carbocycles. The molecule has 1 atom stereocenters. The van der Waals surface area contributed by atoms with E-state index in [0.717, 1.165) is 17.0 Å². The van der Waals surface area contributed by atoms with Crippen molar-refractivity contribution in [3.05, 3.63) is 51.9 Å². The van der Waals surface area contributed by atoms with E-state index in [2.05, 4.69) is 46.8 Å². The summed E-state index contributed by atoms with van der Waals surface area (Å²) in [7, 11) is 0. The largest absolute Gasteiger partial charge is 0.323 e. The molecular weight excluding hydrogens is 397 g/mol. The highest BCUT2D eigenvalue weighted by molar-refractivity contribution is 14.1. The van der Waals surface area contributed by atoms with Crippen molar-refractivity contribution in [3.8, 4) is 6.07 Å². The molecule has 1 aliphatic rings. The Morgan fingerprint density at radius 3 is 3.05 bits per heavy atom. The fraction of sp³-hybridized carbons (Fsp3) is 0.267. The first-order valence-electron chi connectivity index (χ1n) is 6.37. The summed E-state index contributed by atoms with van der Waals surface area (Å²) < 4.78 is 0.713. The Balaban J connectivity index is 2.48. The summed E-state index contributed by atoms with van der Waals surface area (Å²) in [5.74, 6) is 0.623. The van der Waals surface area contributed by atoms with E-state index in [1.807, 2.05) is 6.07 Å². The molecule has 6 heteroatoms. The minimum absolute atomic E-state index is 0.0979. The van der Waals surface area contributed by atoms with Crippen LogP contribution in [-0.4, -0.2) is 28.1 Å². The van der Waals surface area contributed by atoms with Gasteiger partial charge >= 0.3 is 0 Å². The van der Waals surface area contributed by atoms with Crippen LogP contribution in [0.4, 0.5) is 0 Å². The summed E-state index contributed by atoms with van der Waals surface area (Å²) in [4.78, 5) is 18.4. The Morgan fingerprint density at radius 2 is 2.43 bits per heavy atom. The number of halogens is 1. The lowest BCUT2D eigenvalue weighted by Crippen LogP contribution is -2.38. The lowest BCUT2D eigenvalue weighted by molar-refractivity contribution is -0.127. The minimum atomic E-state index is -0.145. The van der Waals surface area contributed by atoms with Crippen LogP contribution < -0.4 is 0 Å². The van der Waals surface area contributed by atoms with Crippen molar-refractivity contribution in [1.82, 2.24) is 9.88 Å². The summed E-state index contributed by atoms with van der Waals surface area (Å²) in [6.45, 7) is 7.90. The fourth-order valence-electron chi connectivity index (χ4n) is 2.23. The monoisotopic (exact) mass is 411 g/mol. The molecule has 1 aromatic rings. The first-order valence-corrected chi connectivity index (χ1v) is 8.50. The van der Waals surface area contributed by atoms with Crippen LogP contribution in [0, 0.1) is 15.0 Å². The lowest BCUT2D eigenvalue weighted by Gasteiger charge is -2.35. The van der Waals surface area contributed by atoms with Gasteiger partial charge in [0.2, 0.25) is 5.91 Å². The van der Waals surface area contributed by atoms with Crippen LogP contribution >= 0.6 is 34.4 Å². The number of fused-ring (bicyclic) bond motifs is 1. The van der Waals surface area contributed by atoms with Gasteiger partial charge in [-0.25, -0.2) is 4.98 Å². The number of pyridine rings is 1. The Bertz CT molecular complexity index is 639. The topological polar surface area (TPSA) is 57.0 Å². The van der Waals surface area contributed by atoms with Gasteiger partial charge in [0.25, 0.3) is 0 Å². The molecule has 0 fully saturated rings. The van der Waals surface area contributed by atoms with Gasteiger partial charge in [0.1, 0.15) is 15.1 Å². The zero-order valence-corrected chi connectivity index (χ0v) is 14.4. The third-order valence-corrected chi connectivity index (χ3v) is 5.25. The predicted octanol–water partition coefficient (Wildman–Crippen LogP) is 3.05. The number of hydrogen-bond acceptors (Lipinski definition) is 4. The summed E-state index contributed by atoms with van der Waals surface area (Å²) in [5.41, 5.74) is 2.46. The van der Waals surface area contributed by atoms with Crippen molar-refractivity contribution >= 4 is 40.3 Å². The standard InChI is InChI=1S/C15H14IN3OS/c1-3-7-21-15-11-8-10(9-17)14(16)18-12(11)5-6-19(15)13(20)4-2/h3-4,8,15H,1-2,5-7H2. The van der Waals surface area contributed by atoms with Crippen molar-refractivity contribution in [2.45, 2.75) is 11.8 Å². The first kappa shape index (κ1) is 16.0. The summed E-state index contributed by atoms with van der Waals surface area (Å²) in [6.07, 6.45) is 3.83. The van der Waals surface area contributed by atoms with Gasteiger partial charge in [-0.3, -0.25) is 4.79 Å². The summed E-state index contributed by atoms with van der Waals surface area (Å²) in [5, 5.41) is 9.04. The number of carbonyl (C=O) groups is 1. The highest BCUT2D eigenvalue weighted by atomic mass is 127. The minimum Gasteiger partial charge on any atom is -0.323 e. The normalized spacial score (nSPS) is 16.8. The van der Waals surface area contributed by atoms with Crippen LogP contribution in [0.5, 0.6) is 0 Å². The van der Waals surface area contributed by atoms with E-state index >= 15 is 0 Å². The number of thioether (sulfide) groups is 1.